The molecular formula is C10H6F2O. The van der Waals surface area contributed by atoms with E-state index in [0.717, 1.165) is 6.08 Å². The van der Waals surface area contributed by atoms with Gasteiger partial charge in [-0.2, -0.15) is 0 Å². The number of fused-ring (bicyclic) bond motifs is 1. The molecule has 2 rings (SSSR count). The number of carbonyl (C=O) groups excluding carboxylic acids is 1. The number of halogens is 2. The molecule has 1 aromatic carbocycles. The molecule has 1 aliphatic carbocycles. The Bertz CT molecular complexity index is 396. The van der Waals surface area contributed by atoms with Crippen molar-refractivity contribution >= 4 is 11.9 Å². The summed E-state index contributed by atoms with van der Waals surface area (Å²) in [6.45, 7) is 0. The molecule has 0 saturated heterocycles. The maximum Gasteiger partial charge on any atom is 0.229 e. The number of benzene rings is 1. The van der Waals surface area contributed by atoms with Gasteiger partial charge in [0.25, 0.3) is 0 Å². The van der Waals surface area contributed by atoms with Crippen molar-refractivity contribution in [2.45, 2.75) is 6.17 Å². The topological polar surface area (TPSA) is 17.1 Å². The van der Waals surface area contributed by atoms with Crippen molar-refractivity contribution in [3.8, 4) is 0 Å². The van der Waals surface area contributed by atoms with E-state index in [1.165, 1.54) is 6.07 Å². The van der Waals surface area contributed by atoms with Crippen LogP contribution in [0.25, 0.3) is 6.08 Å². The van der Waals surface area contributed by atoms with E-state index in [1.807, 2.05) is 0 Å². The molecule has 13 heavy (non-hydrogen) atoms. The number of alkyl halides is 1. The van der Waals surface area contributed by atoms with Crippen molar-refractivity contribution in [3.05, 3.63) is 41.2 Å². The lowest BCUT2D eigenvalue weighted by Crippen LogP contribution is -2.13. The summed E-state index contributed by atoms with van der Waals surface area (Å²) in [4.78, 5) is 10.9. The molecule has 0 radical (unpaired) electrons. The predicted molar refractivity (Wildman–Crippen MR) is 44.4 cm³/mol. The van der Waals surface area contributed by atoms with Gasteiger partial charge in [-0.1, -0.05) is 24.3 Å². The second-order valence-corrected chi connectivity index (χ2v) is 2.85. The highest BCUT2D eigenvalue weighted by Gasteiger charge is 2.29. The number of allylic oxidation sites excluding steroid dienone is 1. The summed E-state index contributed by atoms with van der Waals surface area (Å²) in [7, 11) is 0. The van der Waals surface area contributed by atoms with Crippen molar-refractivity contribution < 1.29 is 13.6 Å². The number of ketones is 1. The van der Waals surface area contributed by atoms with Crippen LogP contribution in [-0.4, -0.2) is 5.78 Å². The Hall–Kier alpha value is -1.51. The Kier molecular flexibility index (Phi) is 1.72. The van der Waals surface area contributed by atoms with E-state index in [1.54, 1.807) is 18.2 Å². The standard InChI is InChI=1S/C10H6F2O/c11-8-5-6-3-1-2-4-7(6)9(12)10(8)13/h1-5,9H. The summed E-state index contributed by atoms with van der Waals surface area (Å²) in [5.74, 6) is -2.09. The first-order valence-corrected chi connectivity index (χ1v) is 3.84. The highest BCUT2D eigenvalue weighted by atomic mass is 19.1. The summed E-state index contributed by atoms with van der Waals surface area (Å²) >= 11 is 0. The quantitative estimate of drug-likeness (QED) is 0.599. The van der Waals surface area contributed by atoms with Crippen LogP contribution >= 0.6 is 0 Å². The summed E-state index contributed by atoms with van der Waals surface area (Å²) in [5, 5.41) is 0. The molecule has 0 N–H and O–H groups in total. The zero-order valence-corrected chi connectivity index (χ0v) is 6.63. The first kappa shape index (κ1) is 8.10. The summed E-state index contributed by atoms with van der Waals surface area (Å²) in [6.07, 6.45) is -0.783. The number of hydrogen-bond donors (Lipinski definition) is 0. The largest absolute Gasteiger partial charge is 0.288 e. The normalized spacial score (nSPS) is 20.9. The minimum absolute atomic E-state index is 0.244. The van der Waals surface area contributed by atoms with Crippen LogP contribution < -0.4 is 0 Å². The molecule has 0 fully saturated rings. The maximum absolute atomic E-state index is 13.2. The molecule has 0 spiro atoms. The van der Waals surface area contributed by atoms with Gasteiger partial charge >= 0.3 is 0 Å². The molecular weight excluding hydrogens is 174 g/mol. The lowest BCUT2D eigenvalue weighted by atomic mass is 9.94. The molecule has 0 amide bonds. The fourth-order valence-electron chi connectivity index (χ4n) is 1.34. The van der Waals surface area contributed by atoms with E-state index in [-0.39, 0.29) is 5.56 Å². The number of carbonyl (C=O) groups is 1. The van der Waals surface area contributed by atoms with Crippen molar-refractivity contribution in [1.29, 1.82) is 0 Å². The molecule has 0 saturated carbocycles. The molecule has 1 aliphatic rings. The summed E-state index contributed by atoms with van der Waals surface area (Å²) in [5.41, 5.74) is 0.681. The molecule has 1 atom stereocenters. The molecule has 0 aliphatic heterocycles. The third-order valence-electron chi connectivity index (χ3n) is 2.02. The SMILES string of the molecule is O=C1C(F)=Cc2ccccc2C1F. The lowest BCUT2D eigenvalue weighted by molar-refractivity contribution is -0.121. The van der Waals surface area contributed by atoms with Crippen molar-refractivity contribution in [2.75, 3.05) is 0 Å². The smallest absolute Gasteiger partial charge is 0.229 e. The van der Waals surface area contributed by atoms with E-state index in [0.29, 0.717) is 5.56 Å². The first-order valence-electron chi connectivity index (χ1n) is 3.84. The molecule has 1 unspecified atom stereocenters. The first-order chi connectivity index (χ1) is 6.20. The molecule has 1 nitrogen and oxygen atoms in total. The van der Waals surface area contributed by atoms with Gasteiger partial charge in [0.15, 0.2) is 12.0 Å². The average Bonchev–Trinajstić information content (AvgIpc) is 2.15. The van der Waals surface area contributed by atoms with E-state index in [9.17, 15) is 13.6 Å². The second kappa shape index (κ2) is 2.76. The van der Waals surface area contributed by atoms with Gasteiger partial charge in [-0.15, -0.1) is 0 Å². The molecule has 66 valence electrons. The van der Waals surface area contributed by atoms with Crippen molar-refractivity contribution in [3.63, 3.8) is 0 Å². The van der Waals surface area contributed by atoms with Gasteiger partial charge in [-0.25, -0.2) is 8.78 Å². The van der Waals surface area contributed by atoms with Crippen molar-refractivity contribution in [2.24, 2.45) is 0 Å². The Balaban J connectivity index is 2.63. The van der Waals surface area contributed by atoms with Crippen molar-refractivity contribution in [1.82, 2.24) is 0 Å². The van der Waals surface area contributed by atoms with Gasteiger partial charge in [0.05, 0.1) is 0 Å². The monoisotopic (exact) mass is 180 g/mol. The molecule has 0 bridgehead atoms. The molecule has 0 heterocycles. The Morgan fingerprint density at radius 3 is 2.69 bits per heavy atom. The summed E-state index contributed by atoms with van der Waals surface area (Å²) < 4.78 is 26.0. The fourth-order valence-corrected chi connectivity index (χ4v) is 1.34. The van der Waals surface area contributed by atoms with Crippen LogP contribution in [-0.2, 0) is 4.79 Å². The second-order valence-electron chi connectivity index (χ2n) is 2.85. The van der Waals surface area contributed by atoms with Crippen LogP contribution in [0, 0.1) is 0 Å². The fraction of sp³-hybridized carbons (Fsp3) is 0.100. The molecule has 0 aromatic heterocycles. The van der Waals surface area contributed by atoms with Gasteiger partial charge in [-0.05, 0) is 11.6 Å². The van der Waals surface area contributed by atoms with Gasteiger partial charge in [0.2, 0.25) is 5.78 Å². The zero-order valence-electron chi connectivity index (χ0n) is 6.63. The van der Waals surface area contributed by atoms with Crippen LogP contribution in [0.2, 0.25) is 0 Å². The number of hydrogen-bond acceptors (Lipinski definition) is 1. The van der Waals surface area contributed by atoms with E-state index in [2.05, 4.69) is 0 Å². The minimum Gasteiger partial charge on any atom is -0.288 e. The number of Topliss-reactive ketones (excluding diaryl/α,β-unsaturated/α-hetero) is 1. The predicted octanol–water partition coefficient (Wildman–Crippen LogP) is 2.59. The van der Waals surface area contributed by atoms with E-state index >= 15 is 0 Å². The van der Waals surface area contributed by atoms with Crippen LogP contribution in [0.1, 0.15) is 17.3 Å². The van der Waals surface area contributed by atoms with Crippen LogP contribution in [0.4, 0.5) is 8.78 Å². The number of rotatable bonds is 0. The van der Waals surface area contributed by atoms with Gasteiger partial charge in [-0.3, -0.25) is 4.79 Å². The maximum atomic E-state index is 13.2. The highest BCUT2D eigenvalue weighted by molar-refractivity contribution is 6.03. The van der Waals surface area contributed by atoms with Crippen LogP contribution in [0.15, 0.2) is 30.1 Å². The zero-order chi connectivity index (χ0) is 9.42. The Labute approximate surface area is 73.7 Å². The Morgan fingerprint density at radius 2 is 1.92 bits per heavy atom. The minimum atomic E-state index is -1.85. The van der Waals surface area contributed by atoms with Crippen LogP contribution in [0.3, 0.4) is 0 Å². The third kappa shape index (κ3) is 1.16. The third-order valence-corrected chi connectivity index (χ3v) is 2.02. The van der Waals surface area contributed by atoms with Crippen LogP contribution in [0.5, 0.6) is 0 Å². The summed E-state index contributed by atoms with van der Waals surface area (Å²) in [6, 6.07) is 6.36. The molecule has 1 aromatic rings. The lowest BCUT2D eigenvalue weighted by Gasteiger charge is -2.14. The highest BCUT2D eigenvalue weighted by Crippen LogP contribution is 2.31. The average molecular weight is 180 g/mol. The Morgan fingerprint density at radius 1 is 1.23 bits per heavy atom. The van der Waals surface area contributed by atoms with Gasteiger partial charge in [0, 0.05) is 5.56 Å². The van der Waals surface area contributed by atoms with E-state index in [4.69, 9.17) is 0 Å². The molecule has 3 heteroatoms. The van der Waals surface area contributed by atoms with E-state index < -0.39 is 17.8 Å². The van der Waals surface area contributed by atoms with Gasteiger partial charge in [0.1, 0.15) is 0 Å². The van der Waals surface area contributed by atoms with Gasteiger partial charge < -0.3 is 0 Å².